The molecule has 2 N–H and O–H groups in total. The number of aryl methyl sites for hydroxylation is 1. The fraction of sp³-hybridized carbons (Fsp3) is 0.391. The molecule has 2 aromatic carbocycles. The SMILES string of the molecule is CC(CNC(=O)COc1ccc2c(c1)CCC(=O)N2)N1CCc2ccccc2C1. The molecular formula is C23H27N3O3. The first-order valence-corrected chi connectivity index (χ1v) is 10.2. The number of ether oxygens (including phenoxy) is 1. The van der Waals surface area contributed by atoms with Gasteiger partial charge in [-0.25, -0.2) is 0 Å². The molecule has 0 aromatic heterocycles. The normalized spacial score (nSPS) is 16.9. The predicted molar refractivity (Wildman–Crippen MR) is 112 cm³/mol. The van der Waals surface area contributed by atoms with Crippen molar-refractivity contribution >= 4 is 17.5 Å². The van der Waals surface area contributed by atoms with E-state index in [1.807, 2.05) is 12.1 Å². The van der Waals surface area contributed by atoms with Crippen molar-refractivity contribution in [2.75, 3.05) is 25.0 Å². The zero-order chi connectivity index (χ0) is 20.2. The molecule has 0 saturated carbocycles. The van der Waals surface area contributed by atoms with Gasteiger partial charge in [0, 0.05) is 37.8 Å². The lowest BCUT2D eigenvalue weighted by Crippen LogP contribution is -2.45. The molecule has 2 aromatic rings. The van der Waals surface area contributed by atoms with Crippen LogP contribution in [0.4, 0.5) is 5.69 Å². The highest BCUT2D eigenvalue weighted by Gasteiger charge is 2.21. The summed E-state index contributed by atoms with van der Waals surface area (Å²) in [5.74, 6) is 0.563. The molecule has 6 heteroatoms. The number of hydrogen-bond acceptors (Lipinski definition) is 4. The molecule has 1 atom stereocenters. The van der Waals surface area contributed by atoms with Gasteiger partial charge in [0.15, 0.2) is 6.61 Å². The number of amides is 2. The molecule has 0 aliphatic carbocycles. The summed E-state index contributed by atoms with van der Waals surface area (Å²) in [5.41, 5.74) is 4.68. The van der Waals surface area contributed by atoms with Crippen LogP contribution in [0.15, 0.2) is 42.5 Å². The van der Waals surface area contributed by atoms with E-state index in [0.29, 0.717) is 25.1 Å². The number of fused-ring (bicyclic) bond motifs is 2. The Hall–Kier alpha value is -2.86. The van der Waals surface area contributed by atoms with Crippen LogP contribution in [0.1, 0.15) is 30.0 Å². The Labute approximate surface area is 171 Å². The number of nitrogens with one attached hydrogen (secondary N) is 2. The summed E-state index contributed by atoms with van der Waals surface area (Å²) in [7, 11) is 0. The summed E-state index contributed by atoms with van der Waals surface area (Å²) >= 11 is 0. The van der Waals surface area contributed by atoms with Crippen molar-refractivity contribution in [2.45, 2.75) is 38.8 Å². The van der Waals surface area contributed by atoms with Gasteiger partial charge in [0.2, 0.25) is 5.91 Å². The quantitative estimate of drug-likeness (QED) is 0.791. The zero-order valence-corrected chi connectivity index (χ0v) is 16.7. The number of hydrogen-bond donors (Lipinski definition) is 2. The Morgan fingerprint density at radius 1 is 1.14 bits per heavy atom. The van der Waals surface area contributed by atoms with Crippen LogP contribution >= 0.6 is 0 Å². The number of carbonyl (C=O) groups excluding carboxylic acids is 2. The van der Waals surface area contributed by atoms with E-state index in [0.717, 1.165) is 30.8 Å². The Kier molecular flexibility index (Phi) is 5.81. The first-order chi connectivity index (χ1) is 14.1. The van der Waals surface area contributed by atoms with Gasteiger partial charge >= 0.3 is 0 Å². The van der Waals surface area contributed by atoms with E-state index in [9.17, 15) is 9.59 Å². The Morgan fingerprint density at radius 3 is 2.83 bits per heavy atom. The van der Waals surface area contributed by atoms with Gasteiger partial charge in [-0.1, -0.05) is 24.3 Å². The van der Waals surface area contributed by atoms with E-state index >= 15 is 0 Å². The van der Waals surface area contributed by atoms with Crippen LogP contribution in [0.2, 0.25) is 0 Å². The first-order valence-electron chi connectivity index (χ1n) is 10.2. The van der Waals surface area contributed by atoms with Crippen LogP contribution in [-0.4, -0.2) is 42.5 Å². The summed E-state index contributed by atoms with van der Waals surface area (Å²) in [5, 5.41) is 5.82. The van der Waals surface area contributed by atoms with E-state index in [1.165, 1.54) is 11.1 Å². The first kappa shape index (κ1) is 19.5. The average molecular weight is 393 g/mol. The molecule has 2 heterocycles. The number of rotatable bonds is 6. The molecule has 0 radical (unpaired) electrons. The highest BCUT2D eigenvalue weighted by atomic mass is 16.5. The fourth-order valence-electron chi connectivity index (χ4n) is 3.93. The Morgan fingerprint density at radius 2 is 1.97 bits per heavy atom. The minimum atomic E-state index is -0.125. The van der Waals surface area contributed by atoms with Crippen molar-refractivity contribution in [1.29, 1.82) is 0 Å². The lowest BCUT2D eigenvalue weighted by molar-refractivity contribution is -0.123. The van der Waals surface area contributed by atoms with Crippen LogP contribution in [0.25, 0.3) is 0 Å². The fourth-order valence-corrected chi connectivity index (χ4v) is 3.93. The van der Waals surface area contributed by atoms with Gasteiger partial charge in [0.1, 0.15) is 5.75 Å². The zero-order valence-electron chi connectivity index (χ0n) is 16.7. The third kappa shape index (κ3) is 4.77. The smallest absolute Gasteiger partial charge is 0.257 e. The molecule has 152 valence electrons. The van der Waals surface area contributed by atoms with E-state index < -0.39 is 0 Å². The van der Waals surface area contributed by atoms with E-state index in [2.05, 4.69) is 46.7 Å². The number of anilines is 1. The molecule has 0 spiro atoms. The molecule has 0 bridgehead atoms. The summed E-state index contributed by atoms with van der Waals surface area (Å²) in [6, 6.07) is 14.3. The Bertz CT molecular complexity index is 912. The lowest BCUT2D eigenvalue weighted by atomic mass is 9.99. The molecule has 2 amide bonds. The lowest BCUT2D eigenvalue weighted by Gasteiger charge is -2.33. The molecular weight excluding hydrogens is 366 g/mol. The summed E-state index contributed by atoms with van der Waals surface area (Å²) in [6.45, 7) is 4.67. The molecule has 29 heavy (non-hydrogen) atoms. The van der Waals surface area contributed by atoms with Crippen LogP contribution in [-0.2, 0) is 29.0 Å². The second-order valence-corrected chi connectivity index (χ2v) is 7.80. The van der Waals surface area contributed by atoms with Crippen molar-refractivity contribution in [2.24, 2.45) is 0 Å². The Balaban J connectivity index is 1.23. The van der Waals surface area contributed by atoms with Gasteiger partial charge in [-0.15, -0.1) is 0 Å². The highest BCUT2D eigenvalue weighted by Crippen LogP contribution is 2.26. The number of nitrogens with zero attached hydrogens (tertiary/aromatic N) is 1. The van der Waals surface area contributed by atoms with E-state index in [1.54, 1.807) is 6.07 Å². The second-order valence-electron chi connectivity index (χ2n) is 7.80. The summed E-state index contributed by atoms with van der Waals surface area (Å²) in [6.07, 6.45) is 2.23. The molecule has 0 saturated heterocycles. The van der Waals surface area contributed by atoms with Crippen molar-refractivity contribution in [3.8, 4) is 5.75 Å². The largest absolute Gasteiger partial charge is 0.484 e. The average Bonchev–Trinajstić information content (AvgIpc) is 2.75. The topological polar surface area (TPSA) is 70.7 Å². The summed E-state index contributed by atoms with van der Waals surface area (Å²) in [4.78, 5) is 26.1. The molecule has 2 aliphatic rings. The molecule has 0 fully saturated rings. The molecule has 1 unspecified atom stereocenters. The van der Waals surface area contributed by atoms with Crippen LogP contribution in [0.3, 0.4) is 0 Å². The molecule has 6 nitrogen and oxygen atoms in total. The van der Waals surface area contributed by atoms with Crippen LogP contribution < -0.4 is 15.4 Å². The van der Waals surface area contributed by atoms with Gasteiger partial charge in [0.25, 0.3) is 5.91 Å². The predicted octanol–water partition coefficient (Wildman–Crippen LogP) is 2.51. The van der Waals surface area contributed by atoms with Crippen molar-refractivity contribution < 1.29 is 14.3 Å². The second kappa shape index (κ2) is 8.66. The van der Waals surface area contributed by atoms with E-state index in [-0.39, 0.29) is 24.5 Å². The maximum Gasteiger partial charge on any atom is 0.257 e. The van der Waals surface area contributed by atoms with Gasteiger partial charge in [-0.2, -0.15) is 0 Å². The minimum absolute atomic E-state index is 0.0132. The third-order valence-corrected chi connectivity index (χ3v) is 5.72. The molecule has 4 rings (SSSR count). The van der Waals surface area contributed by atoms with Crippen molar-refractivity contribution in [3.05, 3.63) is 59.2 Å². The van der Waals surface area contributed by atoms with Crippen LogP contribution in [0, 0.1) is 0 Å². The maximum atomic E-state index is 12.2. The molecule has 2 aliphatic heterocycles. The van der Waals surface area contributed by atoms with Gasteiger partial charge in [-0.05, 0) is 54.7 Å². The van der Waals surface area contributed by atoms with Gasteiger partial charge < -0.3 is 15.4 Å². The standard InChI is InChI=1S/C23H27N3O3/c1-16(26-11-10-17-4-2-3-5-19(17)14-26)13-24-23(28)15-29-20-7-8-21-18(12-20)6-9-22(27)25-21/h2-5,7-8,12,16H,6,9-11,13-15H2,1H3,(H,24,28)(H,25,27). The van der Waals surface area contributed by atoms with Gasteiger partial charge in [0.05, 0.1) is 0 Å². The number of carbonyl (C=O) groups is 2. The number of benzene rings is 2. The minimum Gasteiger partial charge on any atom is -0.484 e. The maximum absolute atomic E-state index is 12.2. The van der Waals surface area contributed by atoms with Crippen molar-refractivity contribution in [3.63, 3.8) is 0 Å². The van der Waals surface area contributed by atoms with Gasteiger partial charge in [-0.3, -0.25) is 14.5 Å². The third-order valence-electron chi connectivity index (χ3n) is 5.72. The van der Waals surface area contributed by atoms with E-state index in [4.69, 9.17) is 4.74 Å². The highest BCUT2D eigenvalue weighted by molar-refractivity contribution is 5.94. The monoisotopic (exact) mass is 393 g/mol. The van der Waals surface area contributed by atoms with Crippen molar-refractivity contribution in [1.82, 2.24) is 10.2 Å². The van der Waals surface area contributed by atoms with Crippen LogP contribution in [0.5, 0.6) is 5.75 Å². The summed E-state index contributed by atoms with van der Waals surface area (Å²) < 4.78 is 5.65.